The first-order valence-corrected chi connectivity index (χ1v) is 8.36. The molecular formula is C18H17N5O4. The Morgan fingerprint density at radius 2 is 2.00 bits per heavy atom. The molecular weight excluding hydrogens is 350 g/mol. The number of fused-ring (bicyclic) bond motifs is 1. The fourth-order valence-corrected chi connectivity index (χ4v) is 2.77. The molecule has 4 rings (SSSR count). The summed E-state index contributed by atoms with van der Waals surface area (Å²) in [7, 11) is 1.59. The second kappa shape index (κ2) is 6.94. The van der Waals surface area contributed by atoms with Crippen LogP contribution in [0.4, 0.5) is 5.69 Å². The predicted octanol–water partition coefficient (Wildman–Crippen LogP) is 1.05. The molecule has 1 aromatic carbocycles. The van der Waals surface area contributed by atoms with E-state index in [-0.39, 0.29) is 12.5 Å². The zero-order valence-electron chi connectivity index (χ0n) is 14.6. The number of nitrogens with one attached hydrogen (secondary N) is 1. The van der Waals surface area contributed by atoms with Gasteiger partial charge in [0.15, 0.2) is 17.3 Å². The average molecular weight is 367 g/mol. The fraction of sp³-hybridized carbons (Fsp3) is 0.222. The van der Waals surface area contributed by atoms with E-state index in [1.807, 2.05) is 0 Å². The third kappa shape index (κ3) is 3.39. The average Bonchev–Trinajstić information content (AvgIpc) is 2.97. The van der Waals surface area contributed by atoms with Crippen molar-refractivity contribution in [2.75, 3.05) is 18.5 Å². The molecule has 1 N–H and O–H groups in total. The number of anilines is 1. The van der Waals surface area contributed by atoms with Gasteiger partial charge in [0.1, 0.15) is 25.5 Å². The molecule has 3 aromatic rings. The molecule has 1 aliphatic rings. The lowest BCUT2D eigenvalue weighted by molar-refractivity contribution is -0.117. The summed E-state index contributed by atoms with van der Waals surface area (Å²) in [5, 5.41) is 6.97. The van der Waals surface area contributed by atoms with Gasteiger partial charge >= 0.3 is 5.69 Å². The monoisotopic (exact) mass is 367 g/mol. The van der Waals surface area contributed by atoms with E-state index in [9.17, 15) is 9.59 Å². The predicted molar refractivity (Wildman–Crippen MR) is 96.8 cm³/mol. The molecule has 0 fully saturated rings. The Hall–Kier alpha value is -3.62. The van der Waals surface area contributed by atoms with Crippen LogP contribution in [-0.4, -0.2) is 38.5 Å². The number of aromatic nitrogens is 4. The van der Waals surface area contributed by atoms with E-state index in [0.29, 0.717) is 41.9 Å². The third-order valence-electron chi connectivity index (χ3n) is 4.05. The van der Waals surface area contributed by atoms with Crippen LogP contribution >= 0.6 is 0 Å². The topological polar surface area (TPSA) is 100 Å². The van der Waals surface area contributed by atoms with Crippen LogP contribution in [0.25, 0.3) is 11.5 Å². The second-order valence-electron chi connectivity index (χ2n) is 5.94. The normalized spacial score (nSPS) is 12.6. The van der Waals surface area contributed by atoms with Crippen LogP contribution in [0.2, 0.25) is 0 Å². The Balaban J connectivity index is 1.51. The number of ether oxygens (including phenoxy) is 2. The highest BCUT2D eigenvalue weighted by molar-refractivity contribution is 5.90. The van der Waals surface area contributed by atoms with Crippen LogP contribution in [0.15, 0.2) is 47.4 Å². The Kier molecular flexibility index (Phi) is 4.33. The maximum absolute atomic E-state index is 12.4. The molecule has 1 amide bonds. The molecule has 0 radical (unpaired) electrons. The van der Waals surface area contributed by atoms with Gasteiger partial charge in [-0.15, -0.1) is 5.10 Å². The van der Waals surface area contributed by atoms with Gasteiger partial charge in [-0.2, -0.15) is 0 Å². The van der Waals surface area contributed by atoms with E-state index in [1.165, 1.54) is 4.57 Å². The van der Waals surface area contributed by atoms with Crippen LogP contribution in [0.3, 0.4) is 0 Å². The maximum Gasteiger partial charge on any atom is 0.346 e. The van der Waals surface area contributed by atoms with Gasteiger partial charge in [-0.3, -0.25) is 14.3 Å². The van der Waals surface area contributed by atoms with Gasteiger partial charge in [0.25, 0.3) is 0 Å². The molecule has 0 atom stereocenters. The summed E-state index contributed by atoms with van der Waals surface area (Å²) < 4.78 is 13.4. The molecule has 0 saturated carbocycles. The van der Waals surface area contributed by atoms with Crippen molar-refractivity contribution in [3.05, 3.63) is 53.1 Å². The molecule has 138 valence electrons. The van der Waals surface area contributed by atoms with Gasteiger partial charge < -0.3 is 14.8 Å². The van der Waals surface area contributed by atoms with Crippen LogP contribution in [0.5, 0.6) is 11.5 Å². The molecule has 0 saturated heterocycles. The molecule has 1 aliphatic heterocycles. The minimum absolute atomic E-state index is 0.214. The van der Waals surface area contributed by atoms with E-state index >= 15 is 0 Å². The highest BCUT2D eigenvalue weighted by Gasteiger charge is 2.16. The molecule has 0 aliphatic carbocycles. The van der Waals surface area contributed by atoms with Crippen molar-refractivity contribution in [2.45, 2.75) is 6.54 Å². The second-order valence-corrected chi connectivity index (χ2v) is 5.94. The number of pyridine rings is 1. The van der Waals surface area contributed by atoms with Crippen molar-refractivity contribution in [1.82, 2.24) is 19.3 Å². The zero-order valence-corrected chi connectivity index (χ0v) is 14.6. The quantitative estimate of drug-likeness (QED) is 0.740. The van der Waals surface area contributed by atoms with E-state index in [2.05, 4.69) is 15.4 Å². The van der Waals surface area contributed by atoms with Gasteiger partial charge in [0.2, 0.25) is 5.91 Å². The van der Waals surface area contributed by atoms with E-state index in [1.54, 1.807) is 49.6 Å². The summed E-state index contributed by atoms with van der Waals surface area (Å²) in [6.45, 7) is 0.748. The summed E-state index contributed by atoms with van der Waals surface area (Å²) in [6, 6.07) is 10.5. The van der Waals surface area contributed by atoms with Crippen LogP contribution in [-0.2, 0) is 18.4 Å². The first kappa shape index (κ1) is 16.8. The fourth-order valence-electron chi connectivity index (χ4n) is 2.77. The van der Waals surface area contributed by atoms with Crippen molar-refractivity contribution in [3.63, 3.8) is 0 Å². The first-order valence-electron chi connectivity index (χ1n) is 8.36. The number of hydrogen-bond acceptors (Lipinski definition) is 6. The smallest absolute Gasteiger partial charge is 0.346 e. The Morgan fingerprint density at radius 3 is 2.78 bits per heavy atom. The molecule has 0 bridgehead atoms. The first-order chi connectivity index (χ1) is 13.1. The molecule has 0 unspecified atom stereocenters. The lowest BCUT2D eigenvalue weighted by Crippen LogP contribution is -2.29. The number of hydrogen-bond donors (Lipinski definition) is 1. The van der Waals surface area contributed by atoms with Crippen molar-refractivity contribution in [1.29, 1.82) is 0 Å². The highest BCUT2D eigenvalue weighted by atomic mass is 16.6. The minimum atomic E-state index is -0.395. The van der Waals surface area contributed by atoms with Gasteiger partial charge in [-0.05, 0) is 24.3 Å². The van der Waals surface area contributed by atoms with Gasteiger partial charge in [-0.1, -0.05) is 6.07 Å². The number of carbonyl (C=O) groups excluding carboxylic acids is 1. The SMILES string of the molecule is Cn1c(-c2ccccn2)nn(CC(=O)Nc2ccc3c(c2)OCCO3)c1=O. The van der Waals surface area contributed by atoms with Crippen LogP contribution < -0.4 is 20.5 Å². The lowest BCUT2D eigenvalue weighted by atomic mass is 10.2. The zero-order chi connectivity index (χ0) is 18.8. The molecule has 3 heterocycles. The summed E-state index contributed by atoms with van der Waals surface area (Å²) >= 11 is 0. The number of rotatable bonds is 4. The summed E-state index contributed by atoms with van der Waals surface area (Å²) in [5.74, 6) is 1.24. The van der Waals surface area contributed by atoms with Crippen molar-refractivity contribution < 1.29 is 14.3 Å². The largest absolute Gasteiger partial charge is 0.486 e. The number of benzene rings is 1. The number of carbonyl (C=O) groups is 1. The van der Waals surface area contributed by atoms with E-state index in [4.69, 9.17) is 9.47 Å². The Labute approximate surface area is 154 Å². The standard InChI is InChI=1S/C18H17N5O4/c1-22-17(13-4-2-3-7-19-13)21-23(18(22)25)11-16(24)20-12-5-6-14-15(10-12)27-9-8-26-14/h2-7,10H,8-9,11H2,1H3,(H,20,24). The third-order valence-corrected chi connectivity index (χ3v) is 4.05. The Bertz CT molecular complexity index is 1040. The molecule has 27 heavy (non-hydrogen) atoms. The van der Waals surface area contributed by atoms with E-state index < -0.39 is 5.69 Å². The van der Waals surface area contributed by atoms with Gasteiger partial charge in [0.05, 0.1) is 0 Å². The highest BCUT2D eigenvalue weighted by Crippen LogP contribution is 2.32. The lowest BCUT2D eigenvalue weighted by Gasteiger charge is -2.18. The summed E-state index contributed by atoms with van der Waals surface area (Å²) in [4.78, 5) is 28.9. The van der Waals surface area contributed by atoms with Crippen molar-refractivity contribution in [2.24, 2.45) is 7.05 Å². The van der Waals surface area contributed by atoms with Crippen molar-refractivity contribution in [3.8, 4) is 23.0 Å². The molecule has 2 aromatic heterocycles. The van der Waals surface area contributed by atoms with Gasteiger partial charge in [-0.25, -0.2) is 9.48 Å². The maximum atomic E-state index is 12.4. The molecule has 0 spiro atoms. The van der Waals surface area contributed by atoms with Crippen LogP contribution in [0, 0.1) is 0 Å². The van der Waals surface area contributed by atoms with Crippen molar-refractivity contribution >= 4 is 11.6 Å². The molecule has 9 nitrogen and oxygen atoms in total. The van der Waals surface area contributed by atoms with Gasteiger partial charge in [0, 0.05) is 25.0 Å². The number of nitrogens with zero attached hydrogens (tertiary/aromatic N) is 4. The van der Waals surface area contributed by atoms with E-state index in [0.717, 1.165) is 4.68 Å². The minimum Gasteiger partial charge on any atom is -0.486 e. The van der Waals surface area contributed by atoms with Crippen LogP contribution in [0.1, 0.15) is 0 Å². The number of amides is 1. The summed E-state index contributed by atoms with van der Waals surface area (Å²) in [6.07, 6.45) is 1.62. The molecule has 9 heteroatoms. The summed E-state index contributed by atoms with van der Waals surface area (Å²) in [5.41, 5.74) is 0.717. The Morgan fingerprint density at radius 1 is 1.19 bits per heavy atom.